The number of ether oxygens (including phenoxy) is 3. The second-order valence-electron chi connectivity index (χ2n) is 10.5. The van der Waals surface area contributed by atoms with E-state index in [1.54, 1.807) is 0 Å². The van der Waals surface area contributed by atoms with Gasteiger partial charge in [-0.1, -0.05) is 91.0 Å². The SMILES string of the molecule is O=C([O-])N1CC(CO)C(c2ccc(COCCOCc3ccccc3)cc2)C(OCc2ccc3ccccc3c2)C1. The van der Waals surface area contributed by atoms with Crippen LogP contribution in [-0.2, 0) is 34.0 Å². The highest BCUT2D eigenvalue weighted by Gasteiger charge is 2.38. The van der Waals surface area contributed by atoms with Crippen molar-refractivity contribution in [1.82, 2.24) is 4.90 Å². The largest absolute Gasteiger partial charge is 0.530 e. The fraction of sp³-hybridized carbons (Fsp3) is 0.324. The van der Waals surface area contributed by atoms with Crippen LogP contribution in [0.2, 0.25) is 0 Å². The third-order valence-electron chi connectivity index (χ3n) is 7.65. The number of hydrogen-bond acceptors (Lipinski definition) is 6. The van der Waals surface area contributed by atoms with Crippen molar-refractivity contribution in [2.45, 2.75) is 31.8 Å². The van der Waals surface area contributed by atoms with E-state index < -0.39 is 12.2 Å². The van der Waals surface area contributed by atoms with Crippen molar-refractivity contribution < 1.29 is 29.2 Å². The van der Waals surface area contributed by atoms with Gasteiger partial charge in [-0.2, -0.15) is 0 Å². The van der Waals surface area contributed by atoms with Gasteiger partial charge in [0, 0.05) is 31.5 Å². The summed E-state index contributed by atoms with van der Waals surface area (Å²) in [6, 6.07) is 32.4. The van der Waals surface area contributed by atoms with E-state index >= 15 is 0 Å². The van der Waals surface area contributed by atoms with Gasteiger partial charge in [-0.05, 0) is 39.1 Å². The van der Waals surface area contributed by atoms with Crippen LogP contribution >= 0.6 is 0 Å². The number of hydrogen-bond donors (Lipinski definition) is 1. The fourth-order valence-corrected chi connectivity index (χ4v) is 5.51. The molecule has 7 heteroatoms. The average molecular weight is 555 g/mol. The van der Waals surface area contributed by atoms with Gasteiger partial charge >= 0.3 is 0 Å². The van der Waals surface area contributed by atoms with Crippen molar-refractivity contribution >= 4 is 16.9 Å². The minimum absolute atomic E-state index is 0.155. The van der Waals surface area contributed by atoms with Crippen LogP contribution in [0.5, 0.6) is 0 Å². The number of fused-ring (bicyclic) bond motifs is 1. The van der Waals surface area contributed by atoms with Crippen molar-refractivity contribution in [3.63, 3.8) is 0 Å². The summed E-state index contributed by atoms with van der Waals surface area (Å²) >= 11 is 0. The summed E-state index contributed by atoms with van der Waals surface area (Å²) in [5.74, 6) is -0.482. The number of carbonyl (C=O) groups is 1. The van der Waals surface area contributed by atoms with Gasteiger partial charge < -0.3 is 34.1 Å². The number of likely N-dealkylation sites (tertiary alicyclic amines) is 1. The maximum absolute atomic E-state index is 11.8. The molecule has 1 aliphatic heterocycles. The number of amides is 1. The van der Waals surface area contributed by atoms with Crippen LogP contribution in [0.1, 0.15) is 28.2 Å². The fourth-order valence-electron chi connectivity index (χ4n) is 5.51. The Hall–Kier alpha value is -3.75. The van der Waals surface area contributed by atoms with Gasteiger partial charge in [0.1, 0.15) is 6.09 Å². The second-order valence-corrected chi connectivity index (χ2v) is 10.5. The molecule has 5 rings (SSSR count). The number of nitrogens with zero attached hydrogens (tertiary/aromatic N) is 1. The van der Waals surface area contributed by atoms with E-state index in [4.69, 9.17) is 14.2 Å². The Balaban J connectivity index is 1.20. The van der Waals surface area contributed by atoms with Crippen LogP contribution in [0.3, 0.4) is 0 Å². The van der Waals surface area contributed by atoms with E-state index in [0.29, 0.717) is 33.0 Å². The molecular formula is C34H36NO6-. The molecule has 7 nitrogen and oxygen atoms in total. The Morgan fingerprint density at radius 2 is 1.39 bits per heavy atom. The van der Waals surface area contributed by atoms with E-state index in [2.05, 4.69) is 24.3 Å². The summed E-state index contributed by atoms with van der Waals surface area (Å²) < 4.78 is 17.9. The lowest BCUT2D eigenvalue weighted by atomic mass is 9.78. The second kappa shape index (κ2) is 14.2. The molecule has 4 aromatic carbocycles. The Morgan fingerprint density at radius 3 is 2.07 bits per heavy atom. The lowest BCUT2D eigenvalue weighted by Gasteiger charge is -2.44. The van der Waals surface area contributed by atoms with Gasteiger partial charge in [-0.25, -0.2) is 0 Å². The third kappa shape index (κ3) is 7.71. The number of rotatable bonds is 12. The zero-order valence-corrected chi connectivity index (χ0v) is 23.1. The quantitative estimate of drug-likeness (QED) is 0.259. The number of piperidine rings is 1. The first-order chi connectivity index (χ1) is 20.1. The van der Waals surface area contributed by atoms with Crippen molar-refractivity contribution in [3.05, 3.63) is 119 Å². The van der Waals surface area contributed by atoms with Gasteiger partial charge in [0.2, 0.25) is 0 Å². The van der Waals surface area contributed by atoms with Gasteiger partial charge in [0.25, 0.3) is 0 Å². The molecule has 41 heavy (non-hydrogen) atoms. The normalized spacial score (nSPS) is 19.0. The molecule has 1 saturated heterocycles. The maximum atomic E-state index is 11.8. The molecule has 3 atom stereocenters. The van der Waals surface area contributed by atoms with Gasteiger partial charge in [0.15, 0.2) is 0 Å². The monoisotopic (exact) mass is 554 g/mol. The smallest absolute Gasteiger partial charge is 0.137 e. The van der Waals surface area contributed by atoms with E-state index in [9.17, 15) is 15.0 Å². The first-order valence-corrected chi connectivity index (χ1v) is 14.0. The Kier molecular flexibility index (Phi) is 9.99. The minimum Gasteiger partial charge on any atom is -0.530 e. The van der Waals surface area contributed by atoms with E-state index in [1.165, 1.54) is 4.90 Å². The first-order valence-electron chi connectivity index (χ1n) is 14.0. The lowest BCUT2D eigenvalue weighted by Crippen LogP contribution is -2.55. The van der Waals surface area contributed by atoms with Crippen LogP contribution < -0.4 is 5.11 Å². The number of benzene rings is 4. The van der Waals surface area contributed by atoms with E-state index in [0.717, 1.165) is 33.0 Å². The average Bonchev–Trinajstić information content (AvgIpc) is 3.02. The van der Waals surface area contributed by atoms with Crippen molar-refractivity contribution in [1.29, 1.82) is 0 Å². The summed E-state index contributed by atoms with van der Waals surface area (Å²) in [6.07, 6.45) is -1.68. The van der Waals surface area contributed by atoms with Crippen molar-refractivity contribution in [3.8, 4) is 0 Å². The van der Waals surface area contributed by atoms with Crippen LogP contribution in [0.15, 0.2) is 97.1 Å². The van der Waals surface area contributed by atoms with Crippen LogP contribution in [0, 0.1) is 5.92 Å². The number of aliphatic hydroxyl groups is 1. The van der Waals surface area contributed by atoms with Gasteiger partial charge in [-0.3, -0.25) is 0 Å². The number of carboxylic acid groups (broad SMARTS) is 1. The molecule has 0 bridgehead atoms. The summed E-state index contributed by atoms with van der Waals surface area (Å²) in [4.78, 5) is 13.0. The highest BCUT2D eigenvalue weighted by atomic mass is 16.5. The Labute approximate surface area is 240 Å². The molecule has 3 unspecified atom stereocenters. The van der Waals surface area contributed by atoms with Gasteiger partial charge in [0.05, 0.1) is 39.1 Å². The standard InChI is InChI=1S/C34H37NO6/c36-21-31-19-35(34(37)38)20-32(41-24-27-12-13-28-8-4-5-9-30(28)18-27)33(31)29-14-10-26(11-15-29)23-40-17-16-39-22-25-6-2-1-3-7-25/h1-15,18,31-33,36H,16-17,19-24H2,(H,37,38)/p-1. The van der Waals surface area contributed by atoms with E-state index in [1.807, 2.05) is 72.8 Å². The molecule has 0 aromatic heterocycles. The molecule has 0 aliphatic carbocycles. The summed E-state index contributed by atoms with van der Waals surface area (Å²) in [5, 5.41) is 24.3. The zero-order chi connectivity index (χ0) is 28.4. The Morgan fingerprint density at radius 1 is 0.756 bits per heavy atom. The molecule has 0 spiro atoms. The zero-order valence-electron chi connectivity index (χ0n) is 23.1. The highest BCUT2D eigenvalue weighted by Crippen LogP contribution is 2.36. The summed E-state index contributed by atoms with van der Waals surface area (Å²) in [6.45, 7) is 2.60. The van der Waals surface area contributed by atoms with E-state index in [-0.39, 0.29) is 31.5 Å². The maximum Gasteiger partial charge on any atom is 0.137 e. The molecule has 1 N–H and O–H groups in total. The molecule has 1 amide bonds. The Bertz CT molecular complexity index is 1390. The highest BCUT2D eigenvalue weighted by molar-refractivity contribution is 5.82. The molecule has 1 aliphatic rings. The lowest BCUT2D eigenvalue weighted by molar-refractivity contribution is -0.270. The third-order valence-corrected chi connectivity index (χ3v) is 7.65. The minimum atomic E-state index is -1.25. The molecule has 1 fully saturated rings. The van der Waals surface area contributed by atoms with Crippen molar-refractivity contribution in [2.75, 3.05) is 32.9 Å². The van der Waals surface area contributed by atoms with Crippen LogP contribution in [-0.4, -0.2) is 55.1 Å². The molecule has 1 heterocycles. The molecule has 0 radical (unpaired) electrons. The number of carbonyl (C=O) groups excluding carboxylic acids is 1. The molecule has 214 valence electrons. The van der Waals surface area contributed by atoms with Crippen LogP contribution in [0.25, 0.3) is 10.8 Å². The molecule has 0 saturated carbocycles. The number of aliphatic hydroxyl groups excluding tert-OH is 1. The first kappa shape index (κ1) is 28.8. The van der Waals surface area contributed by atoms with Gasteiger partial charge in [-0.15, -0.1) is 0 Å². The summed E-state index contributed by atoms with van der Waals surface area (Å²) in [7, 11) is 0. The molecular weight excluding hydrogens is 518 g/mol. The predicted molar refractivity (Wildman–Crippen MR) is 155 cm³/mol. The molecule has 4 aromatic rings. The summed E-state index contributed by atoms with van der Waals surface area (Å²) in [5.41, 5.74) is 4.17. The predicted octanol–water partition coefficient (Wildman–Crippen LogP) is 4.51. The van der Waals surface area contributed by atoms with Crippen molar-refractivity contribution in [2.24, 2.45) is 5.92 Å². The topological polar surface area (TPSA) is 91.3 Å². The van der Waals surface area contributed by atoms with Crippen LogP contribution in [0.4, 0.5) is 4.79 Å².